The van der Waals surface area contributed by atoms with Crippen LogP contribution in [-0.2, 0) is 32.5 Å². The highest BCUT2D eigenvalue weighted by atomic mass is 28.2. The molecule has 0 N–H and O–H groups in total. The normalized spacial score (nSPS) is 18.7. The summed E-state index contributed by atoms with van der Waals surface area (Å²) in [6.07, 6.45) is 4.64. The summed E-state index contributed by atoms with van der Waals surface area (Å²) in [5.41, 5.74) is 26.0. The third-order valence-electron chi connectivity index (χ3n) is 18.7. The van der Waals surface area contributed by atoms with Crippen LogP contribution in [0.2, 0.25) is 0 Å². The first kappa shape index (κ1) is 46.7. The first-order valence-electron chi connectivity index (χ1n) is 27.4. The van der Waals surface area contributed by atoms with Crippen LogP contribution in [0.15, 0.2) is 132 Å². The van der Waals surface area contributed by atoms with Crippen molar-refractivity contribution >= 4 is 88.3 Å². The zero-order valence-electron chi connectivity index (χ0n) is 46.0. The number of furan rings is 1. The summed E-state index contributed by atoms with van der Waals surface area (Å²) in [5, 5.41) is 4.30. The Kier molecular flexibility index (Phi) is 9.78. The van der Waals surface area contributed by atoms with Gasteiger partial charge in [-0.1, -0.05) is 175 Å². The Morgan fingerprint density at radius 2 is 1.05 bits per heavy atom. The van der Waals surface area contributed by atoms with Crippen LogP contribution in [-0.4, -0.2) is 16.2 Å². The molecule has 0 amide bonds. The first-order valence-corrected chi connectivity index (χ1v) is 28.8. The summed E-state index contributed by atoms with van der Waals surface area (Å²) < 4.78 is 7.74. The highest BCUT2D eigenvalue weighted by molar-refractivity contribution is 7.00. The molecule has 1 aromatic heterocycles. The Hall–Kier alpha value is -6.04. The molecule has 73 heavy (non-hydrogen) atoms. The average molecular weight is 973 g/mol. The minimum Gasteiger partial charge on any atom is -0.468 e. The lowest BCUT2D eigenvalue weighted by Crippen LogP contribution is -2.61. The van der Waals surface area contributed by atoms with Crippen LogP contribution in [0, 0.1) is 0 Å². The lowest BCUT2D eigenvalue weighted by atomic mass is 9.35. The number of fused-ring (bicyclic) bond motifs is 11. The molecule has 0 spiro atoms. The second kappa shape index (κ2) is 15.3. The van der Waals surface area contributed by atoms with Crippen molar-refractivity contribution in [2.45, 2.75) is 155 Å². The van der Waals surface area contributed by atoms with Crippen LogP contribution >= 0.6 is 0 Å². The molecule has 0 bridgehead atoms. The van der Waals surface area contributed by atoms with Crippen molar-refractivity contribution in [2.24, 2.45) is 0 Å². The van der Waals surface area contributed by atoms with Crippen molar-refractivity contribution in [3.8, 4) is 22.3 Å². The van der Waals surface area contributed by atoms with E-state index in [4.69, 9.17) is 4.42 Å². The zero-order valence-corrected chi connectivity index (χ0v) is 47.5. The fourth-order valence-electron chi connectivity index (χ4n) is 14.0. The number of benzene rings is 7. The topological polar surface area (TPSA) is 19.6 Å². The van der Waals surface area contributed by atoms with E-state index in [0.717, 1.165) is 30.5 Å². The Morgan fingerprint density at radius 3 is 1.73 bits per heavy atom. The molecule has 0 saturated carbocycles. The molecule has 8 aromatic rings. The van der Waals surface area contributed by atoms with Gasteiger partial charge in [-0.3, -0.25) is 0 Å². The summed E-state index contributed by atoms with van der Waals surface area (Å²) in [4.78, 5) is 5.29. The Bertz CT molecular complexity index is 3650. The van der Waals surface area contributed by atoms with Gasteiger partial charge in [0.15, 0.2) is 0 Å². The lowest BCUT2D eigenvalue weighted by Gasteiger charge is -2.45. The molecule has 368 valence electrons. The maximum atomic E-state index is 7.74. The molecule has 2 aliphatic carbocycles. The molecule has 4 heterocycles. The van der Waals surface area contributed by atoms with E-state index < -0.39 is 9.52 Å². The summed E-state index contributed by atoms with van der Waals surface area (Å²) in [5.74, 6) is 0. The van der Waals surface area contributed by atoms with Crippen molar-refractivity contribution in [1.82, 2.24) is 0 Å². The van der Waals surface area contributed by atoms with Gasteiger partial charge in [0.05, 0.1) is 20.9 Å². The van der Waals surface area contributed by atoms with Crippen LogP contribution in [0.4, 0.5) is 34.1 Å². The van der Waals surface area contributed by atoms with E-state index in [9.17, 15) is 0 Å². The van der Waals surface area contributed by atoms with Gasteiger partial charge < -0.3 is 14.2 Å². The Balaban J connectivity index is 1.18. The molecule has 0 fully saturated rings. The third kappa shape index (κ3) is 6.96. The van der Waals surface area contributed by atoms with Gasteiger partial charge in [-0.2, -0.15) is 0 Å². The van der Waals surface area contributed by atoms with Crippen LogP contribution in [0.5, 0.6) is 0 Å². The Morgan fingerprint density at radius 1 is 0.493 bits per heavy atom. The predicted molar refractivity (Wildman–Crippen MR) is 317 cm³/mol. The van der Waals surface area contributed by atoms with Gasteiger partial charge in [-0.05, 0) is 185 Å². The second-order valence-corrected chi connectivity index (χ2v) is 29.3. The number of rotatable bonds is 3. The molecule has 7 aromatic carbocycles. The second-order valence-electron chi connectivity index (χ2n) is 27.5. The molecular weight excluding hydrogens is 900 g/mol. The molecule has 0 saturated heterocycles. The highest BCUT2D eigenvalue weighted by Gasteiger charge is 2.49. The van der Waals surface area contributed by atoms with Crippen molar-refractivity contribution in [1.29, 1.82) is 0 Å². The molecule has 3 aliphatic heterocycles. The van der Waals surface area contributed by atoms with Crippen LogP contribution in [0.25, 0.3) is 33.2 Å². The molecule has 3 nitrogen and oxygen atoms in total. The highest BCUT2D eigenvalue weighted by Crippen LogP contribution is 2.54. The van der Waals surface area contributed by atoms with Crippen LogP contribution < -0.4 is 36.8 Å². The van der Waals surface area contributed by atoms with Crippen molar-refractivity contribution in [3.63, 3.8) is 0 Å². The van der Waals surface area contributed by atoms with E-state index in [0.29, 0.717) is 0 Å². The summed E-state index contributed by atoms with van der Waals surface area (Å²) in [6, 6.07) is 50.8. The van der Waals surface area contributed by atoms with Gasteiger partial charge in [0.2, 0.25) is 0 Å². The molecule has 0 radical (unpaired) electrons. The van der Waals surface area contributed by atoms with E-state index in [1.54, 1.807) is 10.4 Å². The predicted octanol–water partition coefficient (Wildman–Crippen LogP) is 14.6. The van der Waals surface area contributed by atoms with Gasteiger partial charge in [0.25, 0.3) is 6.71 Å². The third-order valence-corrected chi connectivity index (χ3v) is 20.9. The standard InChI is InChI=1S/C68H73BN2OSi/c1-63(2,3)41-22-25-43(26-23-41)70-54-29-24-42(64(4,5)6)36-53(54)69-59-55(70)34-40(45-19-17-20-47-46-18-15-16-21-58(46)73-61(45)47)35-56(59)71(44-27-28-49-50(37-44)66(9,10)31-30-65(49,7)8)60-48-38-51-52(39-57(48)72-62(60)69)68(13,14)33-32-67(51,11)12/h15-29,34-39H,30-33,73H2,1-14H3. The summed E-state index contributed by atoms with van der Waals surface area (Å²) >= 11 is 0. The maximum Gasteiger partial charge on any atom is 0.297 e. The van der Waals surface area contributed by atoms with E-state index in [1.807, 2.05) is 0 Å². The van der Waals surface area contributed by atoms with Gasteiger partial charge in [0, 0.05) is 33.8 Å². The fourth-order valence-corrected chi connectivity index (χ4v) is 16.1. The van der Waals surface area contributed by atoms with Crippen molar-refractivity contribution in [3.05, 3.63) is 161 Å². The number of nitrogens with zero attached hydrogens (tertiary/aromatic N) is 2. The van der Waals surface area contributed by atoms with Crippen LogP contribution in [0.1, 0.15) is 156 Å². The number of hydrogen-bond acceptors (Lipinski definition) is 3. The molecular formula is C68H73BN2OSi. The summed E-state index contributed by atoms with van der Waals surface area (Å²) in [6.45, 7) is 33.5. The van der Waals surface area contributed by atoms with E-state index in [2.05, 4.69) is 234 Å². The number of hydrogen-bond donors (Lipinski definition) is 0. The molecule has 5 aliphatic rings. The van der Waals surface area contributed by atoms with Gasteiger partial charge in [-0.25, -0.2) is 0 Å². The largest absolute Gasteiger partial charge is 0.468 e. The zero-order chi connectivity index (χ0) is 51.1. The van der Waals surface area contributed by atoms with Gasteiger partial charge in [-0.15, -0.1) is 0 Å². The van der Waals surface area contributed by atoms with Crippen molar-refractivity contribution in [2.75, 3.05) is 9.80 Å². The minimum atomic E-state index is -0.749. The molecule has 0 atom stereocenters. The van der Waals surface area contributed by atoms with E-state index in [1.165, 1.54) is 112 Å². The molecule has 0 unspecified atom stereocenters. The molecule has 5 heteroatoms. The van der Waals surface area contributed by atoms with E-state index in [-0.39, 0.29) is 39.2 Å². The average Bonchev–Trinajstić information content (AvgIpc) is 3.92. The first-order chi connectivity index (χ1) is 34.4. The fraction of sp³-hybridized carbons (Fsp3) is 0.353. The molecule has 13 rings (SSSR count). The number of anilines is 6. The summed E-state index contributed by atoms with van der Waals surface area (Å²) in [7, 11) is -0.749. The minimum absolute atomic E-state index is 0.0268. The van der Waals surface area contributed by atoms with E-state index >= 15 is 0 Å². The smallest absolute Gasteiger partial charge is 0.297 e. The van der Waals surface area contributed by atoms with Crippen molar-refractivity contribution < 1.29 is 4.42 Å². The monoisotopic (exact) mass is 973 g/mol. The van der Waals surface area contributed by atoms with Crippen LogP contribution in [0.3, 0.4) is 0 Å². The lowest BCUT2D eigenvalue weighted by molar-refractivity contribution is 0.332. The quantitative estimate of drug-likeness (QED) is 0.165. The maximum absolute atomic E-state index is 7.74. The SMILES string of the molecule is CC(C)(C)c1ccc(N2c3ccc(C(C)(C)C)cc3B3c4oc5cc6c(cc5c4N(c4ccc5c(c4)C(C)(C)CCC5(C)C)c4cc(-c5cccc7c5[SiH2]c5ccccc5-7)cc2c43)C(C)(C)CCC6(C)C)cc1. The van der Waals surface area contributed by atoms with Gasteiger partial charge >= 0.3 is 0 Å². The Labute approximate surface area is 438 Å². The van der Waals surface area contributed by atoms with Gasteiger partial charge in [0.1, 0.15) is 5.58 Å².